The maximum Gasteiger partial charge on any atom is 0.229 e. The highest BCUT2D eigenvalue weighted by molar-refractivity contribution is 6.18. The summed E-state index contributed by atoms with van der Waals surface area (Å²) < 4.78 is 15.1. The molecule has 10 nitrogen and oxygen atoms in total. The number of hydrogen-bond acceptors (Lipinski definition) is 8. The van der Waals surface area contributed by atoms with Crippen LogP contribution in [0.25, 0.3) is 11.0 Å². The Morgan fingerprint density at radius 1 is 1.26 bits per heavy atom. The number of carbonyl (C=O) groups excluding carboxylic acids is 1. The van der Waals surface area contributed by atoms with Gasteiger partial charge in [-0.2, -0.15) is 4.98 Å². The van der Waals surface area contributed by atoms with E-state index in [0.717, 1.165) is 54.6 Å². The molecule has 2 aromatic heterocycles. The summed E-state index contributed by atoms with van der Waals surface area (Å²) >= 11 is 0. The third-order valence-electron chi connectivity index (χ3n) is 8.53. The number of terminal acetylenes is 1. The van der Waals surface area contributed by atoms with Crippen LogP contribution in [0.5, 0.6) is 0 Å². The molecule has 2 fully saturated rings. The van der Waals surface area contributed by atoms with Gasteiger partial charge >= 0.3 is 0 Å². The standard InChI is InChI=1S/C31H31FN9OSi/c1-2-13-41-26-15-21(9-10-24(26)38-39-41)34-30-33-17-27(40-14-5-7-20(18-40)29(42)35-25-16-23(25)32)28(36-30)37-31(43)12-11-19-6-3-4-8-22(19)31/h1,3-4,6,8-10,15,17,20,23,25H,5,7,11-14,16,18H2,(H,35,42)(H2,33,34,36,37)/t20-,23+,25+,31-/m0/s1. The predicted octanol–water partition coefficient (Wildman–Crippen LogP) is 3.42. The van der Waals surface area contributed by atoms with Gasteiger partial charge in [-0.15, -0.1) is 11.5 Å². The lowest BCUT2D eigenvalue weighted by molar-refractivity contribution is -0.125. The van der Waals surface area contributed by atoms with Crippen LogP contribution in [-0.4, -0.2) is 66.4 Å². The van der Waals surface area contributed by atoms with Gasteiger partial charge in [-0.3, -0.25) is 4.79 Å². The van der Waals surface area contributed by atoms with Crippen LogP contribution in [0.1, 0.15) is 36.8 Å². The van der Waals surface area contributed by atoms with Crippen LogP contribution in [0.3, 0.4) is 0 Å². The molecule has 0 spiro atoms. The van der Waals surface area contributed by atoms with Gasteiger partial charge in [0.25, 0.3) is 0 Å². The Labute approximate surface area is 252 Å². The van der Waals surface area contributed by atoms with Gasteiger partial charge < -0.3 is 20.9 Å². The molecule has 2 aromatic carbocycles. The van der Waals surface area contributed by atoms with Gasteiger partial charge in [0.15, 0.2) is 5.82 Å². The maximum absolute atomic E-state index is 13.5. The minimum Gasteiger partial charge on any atom is -0.367 e. The van der Waals surface area contributed by atoms with E-state index in [1.54, 1.807) is 10.9 Å². The largest absolute Gasteiger partial charge is 0.367 e. The normalized spacial score (nSPS) is 24.3. The molecule has 1 amide bonds. The molecule has 12 heteroatoms. The van der Waals surface area contributed by atoms with Crippen molar-refractivity contribution in [3.05, 3.63) is 59.8 Å². The maximum atomic E-state index is 13.5. The molecule has 3 aliphatic rings. The number of hydrogen-bond donors (Lipinski definition) is 3. The third kappa shape index (κ3) is 5.40. The van der Waals surface area contributed by atoms with Crippen molar-refractivity contribution in [2.75, 3.05) is 28.6 Å². The smallest absolute Gasteiger partial charge is 0.229 e. The number of nitrogens with one attached hydrogen (secondary N) is 3. The number of aromatic nitrogens is 5. The molecular formula is C31H31FN9OSi. The van der Waals surface area contributed by atoms with Crippen LogP contribution in [0.4, 0.5) is 27.5 Å². The number of aryl methyl sites for hydroxylation is 1. The molecule has 1 aliphatic heterocycles. The predicted molar refractivity (Wildman–Crippen MR) is 164 cm³/mol. The van der Waals surface area contributed by atoms with Crippen molar-refractivity contribution in [2.24, 2.45) is 5.92 Å². The van der Waals surface area contributed by atoms with Crippen LogP contribution in [-0.2, 0) is 22.9 Å². The summed E-state index contributed by atoms with van der Waals surface area (Å²) in [5.41, 5.74) is 5.59. The second-order valence-electron chi connectivity index (χ2n) is 11.5. The van der Waals surface area contributed by atoms with E-state index >= 15 is 0 Å². The van der Waals surface area contributed by atoms with Crippen molar-refractivity contribution in [2.45, 2.75) is 56.0 Å². The number of fused-ring (bicyclic) bond motifs is 2. The average Bonchev–Trinajstić information content (AvgIpc) is 3.40. The fourth-order valence-electron chi connectivity index (χ4n) is 6.10. The fourth-order valence-corrected chi connectivity index (χ4v) is 6.59. The molecule has 43 heavy (non-hydrogen) atoms. The first-order valence-corrected chi connectivity index (χ1v) is 15.1. The second-order valence-corrected chi connectivity index (χ2v) is 12.4. The summed E-state index contributed by atoms with van der Waals surface area (Å²) in [7, 11) is 4.07. The number of benzene rings is 2. The molecule has 4 atom stereocenters. The lowest BCUT2D eigenvalue weighted by atomic mass is 9.96. The lowest BCUT2D eigenvalue weighted by Gasteiger charge is -2.36. The molecule has 7 rings (SSSR count). The quantitative estimate of drug-likeness (QED) is 0.211. The van der Waals surface area contributed by atoms with Crippen LogP contribution >= 0.6 is 0 Å². The molecule has 4 aromatic rings. The number of nitrogens with zero attached hydrogens (tertiary/aromatic N) is 6. The molecule has 2 aliphatic carbocycles. The van der Waals surface area contributed by atoms with E-state index in [9.17, 15) is 9.18 Å². The first-order valence-electron chi connectivity index (χ1n) is 14.6. The summed E-state index contributed by atoms with van der Waals surface area (Å²) in [5, 5.41) is 17.7. The third-order valence-corrected chi connectivity index (χ3v) is 9.18. The van der Waals surface area contributed by atoms with Crippen LogP contribution in [0.2, 0.25) is 0 Å². The Hall–Kier alpha value is -4.50. The van der Waals surface area contributed by atoms with Crippen molar-refractivity contribution >= 4 is 50.3 Å². The van der Waals surface area contributed by atoms with Crippen molar-refractivity contribution in [1.29, 1.82) is 0 Å². The van der Waals surface area contributed by atoms with Crippen molar-refractivity contribution < 1.29 is 9.18 Å². The number of piperidine rings is 1. The van der Waals surface area contributed by atoms with E-state index in [0.29, 0.717) is 31.3 Å². The molecule has 1 saturated heterocycles. The van der Waals surface area contributed by atoms with E-state index in [1.165, 1.54) is 11.1 Å². The Morgan fingerprint density at radius 3 is 2.95 bits per heavy atom. The monoisotopic (exact) mass is 592 g/mol. The summed E-state index contributed by atoms with van der Waals surface area (Å²) in [6, 6.07) is 13.7. The van der Waals surface area contributed by atoms with Crippen molar-refractivity contribution in [3.8, 4) is 12.3 Å². The second kappa shape index (κ2) is 11.0. The number of halogens is 1. The minimum atomic E-state index is -0.924. The highest BCUT2D eigenvalue weighted by Gasteiger charge is 2.41. The summed E-state index contributed by atoms with van der Waals surface area (Å²) in [5.74, 6) is 3.35. The van der Waals surface area contributed by atoms with Gasteiger partial charge in [0, 0.05) is 30.4 Å². The minimum absolute atomic E-state index is 0.0844. The molecular weight excluding hydrogens is 561 g/mol. The van der Waals surface area contributed by atoms with Crippen molar-refractivity contribution in [1.82, 2.24) is 30.3 Å². The molecule has 3 N–H and O–H groups in total. The van der Waals surface area contributed by atoms with E-state index in [4.69, 9.17) is 11.4 Å². The van der Waals surface area contributed by atoms with Gasteiger partial charge in [-0.25, -0.2) is 14.1 Å². The molecule has 217 valence electrons. The number of rotatable bonds is 8. The van der Waals surface area contributed by atoms with Crippen LogP contribution in [0, 0.1) is 18.3 Å². The molecule has 0 unspecified atom stereocenters. The number of anilines is 4. The zero-order valence-corrected chi connectivity index (χ0v) is 24.6. The summed E-state index contributed by atoms with van der Waals surface area (Å²) in [6.07, 6.45) is 10.2. The van der Waals surface area contributed by atoms with E-state index in [2.05, 4.69) is 70.5 Å². The zero-order valence-electron chi connectivity index (χ0n) is 23.6. The molecule has 3 radical (unpaired) electrons. The highest BCUT2D eigenvalue weighted by Crippen LogP contribution is 2.40. The van der Waals surface area contributed by atoms with E-state index < -0.39 is 11.3 Å². The first-order chi connectivity index (χ1) is 20.9. The van der Waals surface area contributed by atoms with Gasteiger partial charge in [-0.05, 0) is 55.0 Å². The molecule has 0 bridgehead atoms. The Bertz CT molecular complexity index is 1740. The Morgan fingerprint density at radius 2 is 2.12 bits per heavy atom. The van der Waals surface area contributed by atoms with Crippen LogP contribution < -0.4 is 20.9 Å². The first kappa shape index (κ1) is 27.3. The highest BCUT2D eigenvalue weighted by atomic mass is 28.1. The van der Waals surface area contributed by atoms with E-state index in [-0.39, 0.29) is 17.9 Å². The van der Waals surface area contributed by atoms with Gasteiger partial charge in [0.1, 0.15) is 18.2 Å². The lowest BCUT2D eigenvalue weighted by Crippen LogP contribution is -2.44. The SMILES string of the molecule is C#CCn1nnc2ccc(Nc3ncc(N4CCC[C@H](C(=O)N[C@@H]5C[C@H]5F)C4)c(N[C@]4([Si])CCc5ccccc54)n3)cc21. The fraction of sp³-hybridized carbons (Fsp3) is 0.387. The molecule has 3 heterocycles. The average molecular weight is 593 g/mol. The van der Waals surface area contributed by atoms with Gasteiger partial charge in [0.2, 0.25) is 11.9 Å². The van der Waals surface area contributed by atoms with Gasteiger partial charge in [0.05, 0.1) is 39.6 Å². The summed E-state index contributed by atoms with van der Waals surface area (Å²) in [4.78, 5) is 24.7. The number of carbonyl (C=O) groups is 1. The van der Waals surface area contributed by atoms with Gasteiger partial charge in [-0.1, -0.05) is 35.4 Å². The van der Waals surface area contributed by atoms with Crippen LogP contribution in [0.15, 0.2) is 48.7 Å². The molecule has 1 saturated carbocycles. The summed E-state index contributed by atoms with van der Waals surface area (Å²) in [6.45, 7) is 1.59. The van der Waals surface area contributed by atoms with Crippen molar-refractivity contribution in [3.63, 3.8) is 0 Å². The zero-order chi connectivity index (χ0) is 29.6. The topological polar surface area (TPSA) is 113 Å². The Balaban J connectivity index is 1.19. The number of amides is 1. The van der Waals surface area contributed by atoms with E-state index in [1.807, 2.05) is 24.3 Å². The Kier molecular flexibility index (Phi) is 6.97. The number of alkyl halides is 1.